The summed E-state index contributed by atoms with van der Waals surface area (Å²) in [7, 11) is 0. The first-order valence-corrected chi connectivity index (χ1v) is 36.2. The number of aromatic carboxylic acids is 1. The summed E-state index contributed by atoms with van der Waals surface area (Å²) in [6, 6.07) is 42.3. The Morgan fingerprint density at radius 2 is 0.944 bits per heavy atom. The van der Waals surface area contributed by atoms with Crippen molar-refractivity contribution in [2.75, 3.05) is 18.1 Å². The monoisotopic (exact) mass is 1260 g/mol. The summed E-state index contributed by atoms with van der Waals surface area (Å²) < 4.78 is 12.4. The van der Waals surface area contributed by atoms with E-state index < -0.39 is 5.97 Å². The molecule has 0 saturated heterocycles. The van der Waals surface area contributed by atoms with Crippen LogP contribution >= 0.6 is 45.3 Å². The van der Waals surface area contributed by atoms with Gasteiger partial charge in [-0.25, -0.2) is 9.78 Å². The lowest BCUT2D eigenvalue weighted by atomic mass is 9.34. The molecule has 0 bridgehead atoms. The molecule has 5 aromatic carbocycles. The van der Waals surface area contributed by atoms with Gasteiger partial charge in [0.15, 0.2) is 0 Å². The Hall–Kier alpha value is -6.68. The molecule has 11 heteroatoms. The lowest BCUT2D eigenvalue weighted by Crippen LogP contribution is -2.56. The molecule has 0 unspecified atom stereocenters. The number of unbranched alkanes of at least 4 members (excludes halogenated alkanes) is 12. The minimum atomic E-state index is -0.951. The van der Waals surface area contributed by atoms with E-state index >= 15 is 0 Å². The maximum atomic E-state index is 12.5. The summed E-state index contributed by atoms with van der Waals surface area (Å²) >= 11 is 6.78. The quantitative estimate of drug-likeness (QED) is 0.0257. The minimum absolute atomic E-state index is 0.102. The molecule has 9 aromatic rings. The first-order valence-electron chi connectivity index (χ1n) is 32.9. The topological polar surface area (TPSA) is 71.9 Å². The fourth-order valence-electron chi connectivity index (χ4n) is 12.5. The Kier molecular flexibility index (Phi) is 24.7. The highest BCUT2D eigenvalue weighted by Crippen LogP contribution is 2.46. The number of carbonyl (C=O) groups is 1. The van der Waals surface area contributed by atoms with Crippen molar-refractivity contribution in [3.05, 3.63) is 181 Å². The molecule has 1 N–H and O–H groups in total. The van der Waals surface area contributed by atoms with Crippen LogP contribution in [0, 0.1) is 53.4 Å². The van der Waals surface area contributed by atoms with Gasteiger partial charge in [-0.15, -0.1) is 45.3 Å². The van der Waals surface area contributed by atoms with E-state index in [9.17, 15) is 9.90 Å². The Balaban J connectivity index is 1.09. The van der Waals surface area contributed by atoms with Crippen LogP contribution in [0.2, 0.25) is 0 Å². The maximum Gasteiger partial charge on any atom is 0.347 e. The van der Waals surface area contributed by atoms with Crippen molar-refractivity contribution in [2.45, 2.75) is 185 Å². The van der Waals surface area contributed by atoms with E-state index in [4.69, 9.17) is 14.5 Å². The number of benzene rings is 5. The highest BCUT2D eigenvalue weighted by atomic mass is 32.1. The third-order valence-corrected chi connectivity index (χ3v) is 21.8. The molecule has 4 heterocycles. The summed E-state index contributed by atoms with van der Waals surface area (Å²) in [6.45, 7) is 23.7. The number of anilines is 3. The lowest BCUT2D eigenvalue weighted by molar-refractivity contribution is 0.0701. The Labute approximate surface area is 548 Å². The van der Waals surface area contributed by atoms with Crippen LogP contribution in [0.3, 0.4) is 0 Å². The van der Waals surface area contributed by atoms with Crippen molar-refractivity contribution in [1.29, 1.82) is 0 Å². The highest BCUT2D eigenvalue weighted by molar-refractivity contribution is 7.30. The van der Waals surface area contributed by atoms with Gasteiger partial charge in [-0.1, -0.05) is 185 Å². The second-order valence-electron chi connectivity index (χ2n) is 24.3. The molecule has 9 rings (SSSR count). The van der Waals surface area contributed by atoms with Crippen LogP contribution in [0.4, 0.5) is 17.1 Å². The average Bonchev–Trinajstić information content (AvgIpc) is 1.72. The molecule has 0 aliphatic rings. The normalized spacial score (nSPS) is 11.3. The van der Waals surface area contributed by atoms with Crippen LogP contribution in [0.15, 0.2) is 121 Å². The molecule has 0 aliphatic carbocycles. The van der Waals surface area contributed by atoms with Crippen molar-refractivity contribution in [3.63, 3.8) is 0 Å². The van der Waals surface area contributed by atoms with E-state index in [1.54, 1.807) is 11.3 Å². The predicted molar refractivity (Wildman–Crippen MR) is 387 cm³/mol. The Morgan fingerprint density at radius 1 is 0.494 bits per heavy atom. The number of carboxylic acid groups (broad SMARTS) is 1. The SMILES string of the molecule is CCCCCCOc1ccc(N(c2ccc(C#Cc3sc(-c4sc(-c5cc(B(c6c(C)cc(C)cc6C)c6c(C)cc(C)cc6C)c(-c6ncc(C(=O)O)s6)s5)cc4CCCCCC)cc3CCCCCC)cc2)c2ccc(OCCCCCC)cc2)cc1. The molecule has 0 aliphatic heterocycles. The molecule has 89 heavy (non-hydrogen) atoms. The maximum absolute atomic E-state index is 12.5. The number of aromatic nitrogens is 1. The predicted octanol–water partition coefficient (Wildman–Crippen LogP) is 21.4. The van der Waals surface area contributed by atoms with Crippen LogP contribution in [-0.2, 0) is 12.8 Å². The fourth-order valence-corrected chi connectivity index (χ4v) is 17.0. The fraction of sp³-hybridized carbons (Fsp3) is 0.385. The number of ether oxygens (including phenoxy) is 2. The molecule has 0 fully saturated rings. The van der Waals surface area contributed by atoms with E-state index in [1.807, 2.05) is 22.7 Å². The molecule has 0 spiro atoms. The number of aryl methyl sites for hydroxylation is 8. The van der Waals surface area contributed by atoms with Crippen molar-refractivity contribution >= 4 is 91.5 Å². The number of nitrogens with zero attached hydrogens (tertiary/aromatic N) is 2. The van der Waals surface area contributed by atoms with Crippen LogP contribution < -0.4 is 30.8 Å². The molecule has 4 aromatic heterocycles. The number of hydrogen-bond acceptors (Lipinski definition) is 9. The van der Waals surface area contributed by atoms with Crippen LogP contribution in [0.5, 0.6) is 11.5 Å². The molecule has 0 amide bonds. The largest absolute Gasteiger partial charge is 0.494 e. The van der Waals surface area contributed by atoms with Gasteiger partial charge < -0.3 is 19.5 Å². The summed E-state index contributed by atoms with van der Waals surface area (Å²) in [5.74, 6) is 8.23. The molecule has 0 radical (unpaired) electrons. The van der Waals surface area contributed by atoms with Crippen molar-refractivity contribution < 1.29 is 19.4 Å². The molecule has 6 nitrogen and oxygen atoms in total. The van der Waals surface area contributed by atoms with Crippen LogP contribution in [-0.4, -0.2) is 36.0 Å². The smallest absolute Gasteiger partial charge is 0.347 e. The summed E-state index contributed by atoms with van der Waals surface area (Å²) in [5, 5.41) is 11.0. The second-order valence-corrected chi connectivity index (χ2v) is 28.5. The van der Waals surface area contributed by atoms with Gasteiger partial charge in [0.2, 0.25) is 6.71 Å². The van der Waals surface area contributed by atoms with Crippen molar-refractivity contribution in [1.82, 2.24) is 4.98 Å². The Bertz CT molecular complexity index is 3660. The summed E-state index contributed by atoms with van der Waals surface area (Å²) in [5.41, 5.74) is 18.1. The van der Waals surface area contributed by atoms with E-state index in [0.717, 1.165) is 101 Å². The summed E-state index contributed by atoms with van der Waals surface area (Å²) in [4.78, 5) is 27.1. The van der Waals surface area contributed by atoms with E-state index in [1.165, 1.54) is 175 Å². The zero-order valence-corrected chi connectivity index (χ0v) is 57.7. The third kappa shape index (κ3) is 17.4. The van der Waals surface area contributed by atoms with Gasteiger partial charge in [-0.3, -0.25) is 0 Å². The first kappa shape index (κ1) is 66.7. The van der Waals surface area contributed by atoms with Gasteiger partial charge in [0.1, 0.15) is 21.4 Å². The molecule has 464 valence electrons. The minimum Gasteiger partial charge on any atom is -0.494 e. The second kappa shape index (κ2) is 32.9. The number of carboxylic acids is 1. The standard InChI is InChI=1S/C78H91BN2O4S4/c1-11-15-19-23-27-60-49-71(86-68(60)42-31-59-29-32-62(33-30-59)81(63-34-38-65(39-35-63)84-43-25-21-17-13-3)64-36-40-66(41-37-64)85-44-26-22-18-14-4)75-61(28-24-20-16-12-2)50-69(87-75)70-51-67(76(88-70)77-80-52-72(89-77)78(82)83)79(73-55(7)45-53(5)46-56(73)8)74-57(9)47-54(6)48-58(74)10/h29-30,32-41,45-52H,11-28,43-44H2,1-10H3,(H,82,83). The molecular weight excluding hydrogens is 1170 g/mol. The van der Waals surface area contributed by atoms with Gasteiger partial charge in [0.25, 0.3) is 0 Å². The third-order valence-electron chi connectivity index (χ3n) is 16.9. The molecule has 0 atom stereocenters. The van der Waals surface area contributed by atoms with E-state index in [0.29, 0.717) is 0 Å². The first-order chi connectivity index (χ1) is 43.3. The number of rotatable bonds is 32. The van der Waals surface area contributed by atoms with Gasteiger partial charge in [-0.05, 0) is 188 Å². The zero-order chi connectivity index (χ0) is 62.8. The number of hydrogen-bond donors (Lipinski definition) is 1. The molecule has 0 saturated carbocycles. The van der Waals surface area contributed by atoms with Crippen molar-refractivity contribution in [3.8, 4) is 52.7 Å². The number of thiazole rings is 1. The molecular formula is C78H91BN2O4S4. The van der Waals surface area contributed by atoms with Crippen LogP contribution in [0.1, 0.15) is 195 Å². The van der Waals surface area contributed by atoms with Crippen molar-refractivity contribution in [2.24, 2.45) is 0 Å². The summed E-state index contributed by atoms with van der Waals surface area (Å²) in [6.07, 6.45) is 22.4. The van der Waals surface area contributed by atoms with E-state index in [-0.39, 0.29) is 11.6 Å². The van der Waals surface area contributed by atoms with Crippen LogP contribution in [0.25, 0.3) is 29.4 Å². The van der Waals surface area contributed by atoms with E-state index in [2.05, 4.69) is 201 Å². The zero-order valence-electron chi connectivity index (χ0n) is 54.5. The van der Waals surface area contributed by atoms with Gasteiger partial charge in [-0.2, -0.15) is 0 Å². The Morgan fingerprint density at radius 3 is 1.43 bits per heavy atom. The number of thiophene rings is 3. The average molecular weight is 1260 g/mol. The van der Waals surface area contributed by atoms with Gasteiger partial charge >= 0.3 is 5.97 Å². The van der Waals surface area contributed by atoms with Gasteiger partial charge in [0, 0.05) is 42.1 Å². The van der Waals surface area contributed by atoms with Gasteiger partial charge in [0.05, 0.1) is 29.2 Å². The lowest BCUT2D eigenvalue weighted by Gasteiger charge is -2.26. The highest BCUT2D eigenvalue weighted by Gasteiger charge is 2.34.